The fourth-order valence-corrected chi connectivity index (χ4v) is 6.43. The number of nitrogens with one attached hydrogen (secondary N) is 7. The highest BCUT2D eigenvalue weighted by molar-refractivity contribution is 6.31. The number of carbonyl (C=O) groups excluding carboxylic acids is 4. The van der Waals surface area contributed by atoms with E-state index in [0.717, 1.165) is 27.8 Å². The highest BCUT2D eigenvalue weighted by atomic mass is 35.5. The van der Waals surface area contributed by atoms with Crippen LogP contribution in [-0.4, -0.2) is 72.8 Å². The molecule has 312 valence electrons. The summed E-state index contributed by atoms with van der Waals surface area (Å²) in [5.41, 5.74) is 28.1. The van der Waals surface area contributed by atoms with Gasteiger partial charge in [-0.1, -0.05) is 96.0 Å². The molecule has 0 spiro atoms. The lowest BCUT2D eigenvalue weighted by Gasteiger charge is -2.26. The predicted molar refractivity (Wildman–Crippen MR) is 232 cm³/mol. The van der Waals surface area contributed by atoms with E-state index >= 15 is 0 Å². The minimum atomic E-state index is -1.20. The third kappa shape index (κ3) is 15.3. The van der Waals surface area contributed by atoms with Crippen molar-refractivity contribution in [3.8, 4) is 22.3 Å². The van der Waals surface area contributed by atoms with Crippen LogP contribution in [0.3, 0.4) is 0 Å². The van der Waals surface area contributed by atoms with Gasteiger partial charge >= 0.3 is 0 Å². The Hall–Kier alpha value is -6.16. The van der Waals surface area contributed by atoms with Crippen LogP contribution >= 0.6 is 23.2 Å². The molecule has 0 aliphatic rings. The molecule has 0 radical (unpaired) electrons. The Balaban J connectivity index is 1.52. The Morgan fingerprint density at radius 3 is 1.29 bits per heavy atom. The average molecular weight is 845 g/mol. The average Bonchev–Trinajstić information content (AvgIpc) is 3.20. The number of amides is 4. The second-order valence-electron chi connectivity index (χ2n) is 14.0. The molecule has 0 heterocycles. The lowest BCUT2D eigenvalue weighted by atomic mass is 9.99. The number of rotatable bonds is 21. The number of benzene rings is 4. The second-order valence-corrected chi connectivity index (χ2v) is 14.8. The Bertz CT molecular complexity index is 2050. The van der Waals surface area contributed by atoms with Gasteiger partial charge in [-0.2, -0.15) is 0 Å². The van der Waals surface area contributed by atoms with Gasteiger partial charge in [0.15, 0.2) is 11.9 Å². The monoisotopic (exact) mass is 843 g/mol. The van der Waals surface area contributed by atoms with E-state index in [1.807, 2.05) is 72.8 Å². The molecule has 4 rings (SSSR count). The molecule has 0 aliphatic carbocycles. The van der Waals surface area contributed by atoms with Gasteiger partial charge in [0, 0.05) is 29.6 Å². The summed E-state index contributed by atoms with van der Waals surface area (Å²) in [6.45, 7) is 0.509. The standard InChI is InChI=1S/C42H51Cl2N11O4/c43-31-17-13-29(14-18-31)27-9-5-25(6-10-27)23-33(45)38(57)54-35(4-2-22-52-42(49)50)39(58)55-36(40(59)53-34(37(46)56)3-1-21-51-41(47)48)24-26-7-11-28(12-8-26)30-15-19-32(44)20-16-30/h5-20,33-36H,1-4,21-24,45H2,(H2,46,56)(H,53,59)(H,54,57)(H,55,58)(H4,47,48,51)(H4,49,50,52)/t33-,34-,35+,36-/m0/s1. The van der Waals surface area contributed by atoms with E-state index in [2.05, 4.69) is 26.6 Å². The number of nitrogens with two attached hydrogens (primary N) is 4. The van der Waals surface area contributed by atoms with Crippen LogP contribution in [0.4, 0.5) is 0 Å². The zero-order chi connectivity index (χ0) is 42.9. The lowest BCUT2D eigenvalue weighted by Crippen LogP contribution is -2.58. The van der Waals surface area contributed by atoms with Crippen molar-refractivity contribution in [2.24, 2.45) is 22.9 Å². The maximum atomic E-state index is 14.1. The predicted octanol–water partition coefficient (Wildman–Crippen LogP) is 2.91. The number of guanidine groups is 2. The summed E-state index contributed by atoms with van der Waals surface area (Å²) in [5.74, 6) is -3.20. The summed E-state index contributed by atoms with van der Waals surface area (Å²) in [6, 6.07) is 25.3. The van der Waals surface area contributed by atoms with Crippen LogP contribution in [0.1, 0.15) is 36.8 Å². The molecule has 59 heavy (non-hydrogen) atoms. The van der Waals surface area contributed by atoms with E-state index in [1.165, 1.54) is 0 Å². The van der Waals surface area contributed by atoms with Gasteiger partial charge in [0.05, 0.1) is 6.04 Å². The molecule has 4 aromatic rings. The first-order chi connectivity index (χ1) is 28.2. The fraction of sp³-hybridized carbons (Fsp3) is 0.286. The first-order valence-corrected chi connectivity index (χ1v) is 19.8. The number of primary amides is 1. The van der Waals surface area contributed by atoms with Crippen molar-refractivity contribution in [2.45, 2.75) is 62.7 Å². The quantitative estimate of drug-likeness (QED) is 0.0334. The van der Waals surface area contributed by atoms with Crippen molar-refractivity contribution >= 4 is 58.7 Å². The van der Waals surface area contributed by atoms with E-state index in [0.29, 0.717) is 28.5 Å². The zero-order valence-electron chi connectivity index (χ0n) is 32.4. The molecule has 0 unspecified atom stereocenters. The topological polar surface area (TPSA) is 280 Å². The van der Waals surface area contributed by atoms with Crippen molar-refractivity contribution in [3.63, 3.8) is 0 Å². The number of halogens is 2. The summed E-state index contributed by atoms with van der Waals surface area (Å²) in [4.78, 5) is 53.9. The Morgan fingerprint density at radius 1 is 0.508 bits per heavy atom. The Morgan fingerprint density at radius 2 is 0.864 bits per heavy atom. The number of carbonyl (C=O) groups is 4. The summed E-state index contributed by atoms with van der Waals surface area (Å²) in [5, 5.41) is 29.6. The molecule has 15 N–H and O–H groups in total. The van der Waals surface area contributed by atoms with Crippen LogP contribution in [0.5, 0.6) is 0 Å². The first kappa shape index (κ1) is 45.5. The third-order valence-electron chi connectivity index (χ3n) is 9.39. The molecule has 4 amide bonds. The van der Waals surface area contributed by atoms with Gasteiger partial charge in [-0.05, 0) is 89.8 Å². The highest BCUT2D eigenvalue weighted by Gasteiger charge is 2.30. The maximum absolute atomic E-state index is 14.1. The lowest BCUT2D eigenvalue weighted by molar-refractivity contribution is -0.133. The normalized spacial score (nSPS) is 12.9. The number of hydrogen-bond donors (Lipinski definition) is 11. The van der Waals surface area contributed by atoms with Crippen LogP contribution in [0.2, 0.25) is 10.0 Å². The van der Waals surface area contributed by atoms with Crippen molar-refractivity contribution in [2.75, 3.05) is 13.1 Å². The molecule has 0 fully saturated rings. The molecule has 4 aromatic carbocycles. The van der Waals surface area contributed by atoms with E-state index in [1.54, 1.807) is 24.3 Å². The van der Waals surface area contributed by atoms with Crippen molar-refractivity contribution in [1.82, 2.24) is 26.6 Å². The SMILES string of the molecule is N=C(N)NCCC[C@H](NC(=O)[C@H](Cc1ccc(-c2ccc(Cl)cc2)cc1)NC(=O)[C@@H](CCCNC(=N)N)NC(=O)[C@@H](N)Cc1ccc(-c2ccc(Cl)cc2)cc1)C(N)=O. The van der Waals surface area contributed by atoms with Crippen molar-refractivity contribution < 1.29 is 19.2 Å². The molecule has 15 nitrogen and oxygen atoms in total. The van der Waals surface area contributed by atoms with Crippen LogP contribution in [0, 0.1) is 10.8 Å². The molecule has 0 saturated heterocycles. The summed E-state index contributed by atoms with van der Waals surface area (Å²) < 4.78 is 0. The maximum Gasteiger partial charge on any atom is 0.243 e. The van der Waals surface area contributed by atoms with Crippen LogP contribution in [-0.2, 0) is 32.0 Å². The fourth-order valence-electron chi connectivity index (χ4n) is 6.18. The summed E-state index contributed by atoms with van der Waals surface area (Å²) in [7, 11) is 0. The largest absolute Gasteiger partial charge is 0.370 e. The van der Waals surface area contributed by atoms with Crippen LogP contribution < -0.4 is 49.5 Å². The van der Waals surface area contributed by atoms with Gasteiger partial charge in [0.1, 0.15) is 18.1 Å². The van der Waals surface area contributed by atoms with E-state index < -0.39 is 47.8 Å². The molecular formula is C42H51Cl2N11O4. The molecule has 0 aromatic heterocycles. The van der Waals surface area contributed by atoms with Crippen LogP contribution in [0.15, 0.2) is 97.1 Å². The van der Waals surface area contributed by atoms with Gasteiger partial charge in [-0.25, -0.2) is 0 Å². The van der Waals surface area contributed by atoms with Crippen molar-refractivity contribution in [3.05, 3.63) is 118 Å². The highest BCUT2D eigenvalue weighted by Crippen LogP contribution is 2.24. The molecule has 4 atom stereocenters. The molecule has 0 bridgehead atoms. The Kier molecular flexibility index (Phi) is 17.5. The van der Waals surface area contributed by atoms with E-state index in [9.17, 15) is 19.2 Å². The molecular weight excluding hydrogens is 793 g/mol. The Labute approximate surface area is 353 Å². The minimum Gasteiger partial charge on any atom is -0.370 e. The van der Waals surface area contributed by atoms with E-state index in [4.69, 9.17) is 57.0 Å². The smallest absolute Gasteiger partial charge is 0.243 e. The second kappa shape index (κ2) is 22.7. The van der Waals surface area contributed by atoms with Gasteiger partial charge in [-0.3, -0.25) is 30.0 Å². The summed E-state index contributed by atoms with van der Waals surface area (Å²) in [6.07, 6.45) is 1.12. The van der Waals surface area contributed by atoms with Gasteiger partial charge in [-0.15, -0.1) is 0 Å². The summed E-state index contributed by atoms with van der Waals surface area (Å²) >= 11 is 12.1. The molecule has 0 aliphatic heterocycles. The van der Waals surface area contributed by atoms with Gasteiger partial charge in [0.25, 0.3) is 0 Å². The first-order valence-electron chi connectivity index (χ1n) is 19.0. The third-order valence-corrected chi connectivity index (χ3v) is 9.90. The van der Waals surface area contributed by atoms with Crippen LogP contribution in [0.25, 0.3) is 22.3 Å². The van der Waals surface area contributed by atoms with Crippen molar-refractivity contribution in [1.29, 1.82) is 10.8 Å². The zero-order valence-corrected chi connectivity index (χ0v) is 33.9. The minimum absolute atomic E-state index is 0.0218. The van der Waals surface area contributed by atoms with Gasteiger partial charge in [0.2, 0.25) is 23.6 Å². The molecule has 0 saturated carbocycles. The van der Waals surface area contributed by atoms with Gasteiger partial charge < -0.3 is 49.5 Å². The van der Waals surface area contributed by atoms with E-state index in [-0.39, 0.29) is 50.7 Å². The molecule has 17 heteroatoms. The number of hydrogen-bond acceptors (Lipinski definition) is 7.